The molecule has 0 saturated heterocycles. The molecule has 0 saturated carbocycles. The summed E-state index contributed by atoms with van der Waals surface area (Å²) in [5.74, 6) is -2.89. The minimum absolute atomic E-state index is 0.325. The zero-order valence-electron chi connectivity index (χ0n) is 19.1. The van der Waals surface area contributed by atoms with Gasteiger partial charge >= 0.3 is 198 Å². The molecule has 0 bridgehead atoms. The van der Waals surface area contributed by atoms with Gasteiger partial charge in [-0.25, -0.2) is 0 Å². The molecule has 0 amide bonds. The number of hydrogen-bond donors (Lipinski definition) is 0. The molecule has 2 rings (SSSR count). The maximum atomic E-state index is 13.1. The first-order chi connectivity index (χ1) is 15.7. The van der Waals surface area contributed by atoms with Crippen molar-refractivity contribution in [3.8, 4) is 0 Å². The van der Waals surface area contributed by atoms with Crippen molar-refractivity contribution in [2.45, 2.75) is 48.8 Å². The Bertz CT molecular complexity index is 881. The van der Waals surface area contributed by atoms with Crippen LogP contribution in [0.15, 0.2) is 60.7 Å². The number of carbonyl (C=O) groups excluding carboxylic acids is 4. The molecule has 2 unspecified atom stereocenters. The maximum absolute atomic E-state index is 13.1. The van der Waals surface area contributed by atoms with Crippen molar-refractivity contribution in [2.75, 3.05) is 0 Å². The topological polar surface area (TPSA) is 105 Å². The van der Waals surface area contributed by atoms with Crippen molar-refractivity contribution in [1.82, 2.24) is 0 Å². The van der Waals surface area contributed by atoms with Crippen LogP contribution in [-0.2, 0) is 34.8 Å². The van der Waals surface area contributed by atoms with Crippen molar-refractivity contribution in [3.63, 3.8) is 0 Å². The number of benzene rings is 2. The Kier molecular flexibility index (Phi) is 9.90. The normalized spacial score (nSPS) is 12.7. The van der Waals surface area contributed by atoms with Crippen LogP contribution < -0.4 is 0 Å². The summed E-state index contributed by atoms with van der Waals surface area (Å²) in [7, 11) is 0. The molecule has 0 aliphatic carbocycles. The van der Waals surface area contributed by atoms with Gasteiger partial charge in [-0.3, -0.25) is 0 Å². The minimum atomic E-state index is -4.36. The Hall–Kier alpha value is -2.88. The van der Waals surface area contributed by atoms with E-state index in [2.05, 4.69) is 0 Å². The fourth-order valence-corrected chi connectivity index (χ4v) is 9.02. The Morgan fingerprint density at radius 3 is 1.27 bits per heavy atom. The van der Waals surface area contributed by atoms with E-state index in [0.29, 0.717) is 20.0 Å². The molecule has 0 heterocycles. The second-order valence-electron chi connectivity index (χ2n) is 7.26. The summed E-state index contributed by atoms with van der Waals surface area (Å²) in [5, 5.41) is 0. The molecule has 33 heavy (non-hydrogen) atoms. The van der Waals surface area contributed by atoms with Crippen LogP contribution in [0.25, 0.3) is 0 Å². The average Bonchev–Trinajstić information content (AvgIpc) is 2.81. The van der Waals surface area contributed by atoms with Crippen molar-refractivity contribution in [3.05, 3.63) is 71.8 Å². The Balaban J connectivity index is 2.30. The van der Waals surface area contributed by atoms with Crippen LogP contribution in [0.2, 0.25) is 8.87 Å². The van der Waals surface area contributed by atoms with Crippen LogP contribution in [0.1, 0.15) is 51.0 Å². The van der Waals surface area contributed by atoms with E-state index in [0.717, 1.165) is 0 Å². The number of hydrogen-bond acceptors (Lipinski definition) is 8. The summed E-state index contributed by atoms with van der Waals surface area (Å²) in [6, 6.07) is 16.9. The van der Waals surface area contributed by atoms with Gasteiger partial charge in [0.25, 0.3) is 0 Å². The summed E-state index contributed by atoms with van der Waals surface area (Å²) in [6.45, 7) is 5.94. The standard InChI is InChI=1S/2C10H10O4.2C2H5.Sn/c2*1-7(11)14-9(10(12)13)8-5-3-2-4-6-8;2*1-2;/h2*2-6,9H,1H3,(H,12,13);2*1H2,2H3;/q;;;;+2/p-2. The Morgan fingerprint density at radius 1 is 0.667 bits per heavy atom. The third-order valence-corrected chi connectivity index (χ3v) is 14.3. The second kappa shape index (κ2) is 12.4. The van der Waals surface area contributed by atoms with E-state index in [1.54, 1.807) is 74.5 Å². The summed E-state index contributed by atoms with van der Waals surface area (Å²) in [4.78, 5) is 49.4. The molecule has 2 aromatic carbocycles. The van der Waals surface area contributed by atoms with Crippen LogP contribution in [0, 0.1) is 0 Å². The number of ether oxygens (including phenoxy) is 2. The van der Waals surface area contributed by atoms with E-state index >= 15 is 0 Å². The van der Waals surface area contributed by atoms with Crippen LogP contribution in [-0.4, -0.2) is 43.1 Å². The molecule has 9 heteroatoms. The summed E-state index contributed by atoms with van der Waals surface area (Å²) < 4.78 is 22.7. The molecule has 0 aliphatic rings. The molecular formula is C24H28O8Sn. The van der Waals surface area contributed by atoms with Crippen molar-refractivity contribution < 1.29 is 34.8 Å². The zero-order chi connectivity index (χ0) is 24.4. The summed E-state index contributed by atoms with van der Waals surface area (Å²) in [5.41, 5.74) is 0.886. The van der Waals surface area contributed by atoms with E-state index in [-0.39, 0.29) is 0 Å². The molecular weight excluding hydrogens is 535 g/mol. The molecule has 0 radical (unpaired) electrons. The quantitative estimate of drug-likeness (QED) is 0.314. The van der Waals surface area contributed by atoms with Crippen molar-refractivity contribution in [1.29, 1.82) is 0 Å². The summed E-state index contributed by atoms with van der Waals surface area (Å²) in [6.07, 6.45) is -2.56. The van der Waals surface area contributed by atoms with E-state index < -0.39 is 55.3 Å². The predicted molar refractivity (Wildman–Crippen MR) is 121 cm³/mol. The zero-order valence-corrected chi connectivity index (χ0v) is 22.0. The van der Waals surface area contributed by atoms with Crippen molar-refractivity contribution >= 4 is 43.1 Å². The van der Waals surface area contributed by atoms with Gasteiger partial charge in [0.2, 0.25) is 0 Å². The number of carbonyl (C=O) groups is 4. The van der Waals surface area contributed by atoms with Gasteiger partial charge in [-0.05, 0) is 0 Å². The fraction of sp³-hybridized carbons (Fsp3) is 0.333. The third kappa shape index (κ3) is 7.59. The molecule has 0 aromatic heterocycles. The van der Waals surface area contributed by atoms with Gasteiger partial charge in [-0.1, -0.05) is 0 Å². The van der Waals surface area contributed by atoms with Gasteiger partial charge in [-0.2, -0.15) is 0 Å². The Labute approximate surface area is 198 Å². The van der Waals surface area contributed by atoms with Crippen molar-refractivity contribution in [2.24, 2.45) is 0 Å². The van der Waals surface area contributed by atoms with Gasteiger partial charge in [0.1, 0.15) is 0 Å². The monoisotopic (exact) mass is 564 g/mol. The first-order valence-corrected chi connectivity index (χ1v) is 17.0. The molecule has 176 valence electrons. The van der Waals surface area contributed by atoms with Crippen LogP contribution in [0.5, 0.6) is 0 Å². The predicted octanol–water partition coefficient (Wildman–Crippen LogP) is 4.16. The second-order valence-corrected chi connectivity index (χ2v) is 17.7. The van der Waals surface area contributed by atoms with Gasteiger partial charge < -0.3 is 0 Å². The van der Waals surface area contributed by atoms with E-state index in [1.165, 1.54) is 13.8 Å². The molecule has 8 nitrogen and oxygen atoms in total. The molecule has 0 N–H and O–H groups in total. The summed E-state index contributed by atoms with van der Waals surface area (Å²) >= 11 is -4.36. The van der Waals surface area contributed by atoms with Crippen LogP contribution >= 0.6 is 0 Å². The number of rotatable bonds is 10. The first-order valence-electron chi connectivity index (χ1n) is 10.6. The van der Waals surface area contributed by atoms with E-state index in [1.807, 2.05) is 0 Å². The number of esters is 2. The van der Waals surface area contributed by atoms with E-state index in [4.69, 9.17) is 15.6 Å². The third-order valence-electron chi connectivity index (χ3n) is 4.85. The molecule has 0 spiro atoms. The average molecular weight is 563 g/mol. The van der Waals surface area contributed by atoms with Gasteiger partial charge in [0.15, 0.2) is 0 Å². The molecule has 2 atom stereocenters. The molecule has 2 aromatic rings. The van der Waals surface area contributed by atoms with Gasteiger partial charge in [0.05, 0.1) is 0 Å². The molecule has 0 fully saturated rings. The van der Waals surface area contributed by atoms with Gasteiger partial charge in [0, 0.05) is 0 Å². The van der Waals surface area contributed by atoms with Crippen LogP contribution in [0.3, 0.4) is 0 Å². The fourth-order valence-electron chi connectivity index (χ4n) is 3.13. The Morgan fingerprint density at radius 2 is 1.00 bits per heavy atom. The first kappa shape index (κ1) is 26.4. The van der Waals surface area contributed by atoms with E-state index in [9.17, 15) is 19.2 Å². The van der Waals surface area contributed by atoms with Crippen LogP contribution in [0.4, 0.5) is 0 Å². The van der Waals surface area contributed by atoms with Gasteiger partial charge in [-0.15, -0.1) is 0 Å². The SMILES string of the molecule is C[CH2][Sn]([CH2]C)([O]C(=O)C(OC(C)=O)c1ccccc1)[O]C(=O)C(OC(C)=O)c1ccccc1. The molecule has 0 aliphatic heterocycles.